The summed E-state index contributed by atoms with van der Waals surface area (Å²) in [5.41, 5.74) is 1.99. The summed E-state index contributed by atoms with van der Waals surface area (Å²) in [6, 6.07) is 11.1. The zero-order chi connectivity index (χ0) is 21.3. The molecule has 0 bridgehead atoms. The zero-order valence-corrected chi connectivity index (χ0v) is 17.8. The number of nitrogens with one attached hydrogen (secondary N) is 1. The minimum Gasteiger partial charge on any atom is -0.378 e. The maximum Gasteiger partial charge on any atom is 0.253 e. The summed E-state index contributed by atoms with van der Waals surface area (Å²) in [6.07, 6.45) is 6.10. The third-order valence-electron chi connectivity index (χ3n) is 5.74. The van der Waals surface area contributed by atoms with E-state index in [1.54, 1.807) is 24.7 Å². The van der Waals surface area contributed by atoms with Crippen molar-refractivity contribution in [2.45, 2.75) is 23.5 Å². The quantitative estimate of drug-likeness (QED) is 0.654. The van der Waals surface area contributed by atoms with E-state index in [0.717, 1.165) is 22.5 Å². The molecule has 3 aromatic rings. The average molecular weight is 441 g/mol. The smallest absolute Gasteiger partial charge is 0.253 e. The number of benzene rings is 1. The maximum atomic E-state index is 13.1. The molecule has 2 aromatic heterocycles. The third-order valence-corrected chi connectivity index (χ3v) is 7.20. The van der Waals surface area contributed by atoms with Gasteiger partial charge in [0.05, 0.1) is 23.7 Å². The predicted octanol–water partition coefficient (Wildman–Crippen LogP) is 1.78. The molecule has 1 N–H and O–H groups in total. The lowest BCUT2D eigenvalue weighted by Gasteiger charge is -2.38. The van der Waals surface area contributed by atoms with Gasteiger partial charge in [0.25, 0.3) is 5.91 Å². The van der Waals surface area contributed by atoms with Gasteiger partial charge in [-0.25, -0.2) is 13.5 Å². The molecule has 1 spiro atoms. The summed E-state index contributed by atoms with van der Waals surface area (Å²) in [5.74, 6) is -0.152. The Balaban J connectivity index is 1.19. The summed E-state index contributed by atoms with van der Waals surface area (Å²) in [4.78, 5) is 17.4. The number of carbonyl (C=O) groups is 1. The van der Waals surface area contributed by atoms with Crippen LogP contribution in [0.3, 0.4) is 0 Å². The average Bonchev–Trinajstić information content (AvgIpc) is 3.46. The third kappa shape index (κ3) is 4.27. The number of fused-ring (bicyclic) bond motifs is 1. The van der Waals surface area contributed by atoms with Crippen molar-refractivity contribution in [2.24, 2.45) is 0 Å². The summed E-state index contributed by atoms with van der Waals surface area (Å²) < 4.78 is 28.2. The number of nitrogens with zero attached hydrogens (tertiary/aromatic N) is 3. The summed E-state index contributed by atoms with van der Waals surface area (Å²) in [6.45, 7) is 3.45. The van der Waals surface area contributed by atoms with E-state index in [4.69, 9.17) is 9.47 Å². The Labute approximate surface area is 182 Å². The fraction of sp³-hybridized carbons (Fsp3) is 0.364. The number of hydrogen-bond acceptors (Lipinski definition) is 5. The van der Waals surface area contributed by atoms with Crippen LogP contribution in [0.5, 0.6) is 0 Å². The Hall–Kier alpha value is -2.59. The Morgan fingerprint density at radius 2 is 2.06 bits per heavy atom. The van der Waals surface area contributed by atoms with E-state index < -0.39 is 11.0 Å². The highest BCUT2D eigenvalue weighted by Gasteiger charge is 2.41. The monoisotopic (exact) mass is 440 g/mol. The normalized spacial score (nSPS) is 22.7. The van der Waals surface area contributed by atoms with Crippen molar-refractivity contribution in [2.75, 3.05) is 32.9 Å². The molecule has 8 nitrogen and oxygen atoms in total. The van der Waals surface area contributed by atoms with Crippen molar-refractivity contribution < 1.29 is 18.5 Å². The molecule has 9 heteroatoms. The molecule has 2 saturated heterocycles. The van der Waals surface area contributed by atoms with Crippen molar-refractivity contribution in [3.8, 4) is 0 Å². The van der Waals surface area contributed by atoms with E-state index in [9.17, 15) is 9.00 Å². The Morgan fingerprint density at radius 3 is 2.87 bits per heavy atom. The molecule has 1 amide bonds. The van der Waals surface area contributed by atoms with Gasteiger partial charge in [0.2, 0.25) is 0 Å². The van der Waals surface area contributed by atoms with Gasteiger partial charge in [-0.3, -0.25) is 4.79 Å². The standard InChI is InChI=1S/C22H24N4O4S/c27-21(18-3-6-20-23-8-9-25(20)14-18)24-13-17-1-4-19(5-2-17)31(28)26-10-12-30-22(15-26)7-11-29-16-22/h1-6,8-9,14H,7,10-13,15-16H2,(H,24,27). The van der Waals surface area contributed by atoms with E-state index in [2.05, 4.69) is 10.3 Å². The van der Waals surface area contributed by atoms with E-state index >= 15 is 0 Å². The van der Waals surface area contributed by atoms with Gasteiger partial charge in [0.15, 0.2) is 0 Å². The fourth-order valence-electron chi connectivity index (χ4n) is 3.99. The number of pyridine rings is 1. The SMILES string of the molecule is O=C(NCc1ccc(S(=O)N2CCOC3(CCOC3)C2)cc1)c1ccc2nccn2c1. The number of aromatic nitrogens is 2. The molecule has 0 aliphatic carbocycles. The van der Waals surface area contributed by atoms with Crippen LogP contribution in [0, 0.1) is 0 Å². The predicted molar refractivity (Wildman–Crippen MR) is 115 cm³/mol. The zero-order valence-electron chi connectivity index (χ0n) is 17.0. The molecule has 1 aromatic carbocycles. The molecule has 2 fully saturated rings. The number of hydrogen-bond donors (Lipinski definition) is 1. The van der Waals surface area contributed by atoms with Crippen LogP contribution in [0.25, 0.3) is 5.65 Å². The molecule has 0 radical (unpaired) electrons. The van der Waals surface area contributed by atoms with Gasteiger partial charge in [-0.15, -0.1) is 0 Å². The van der Waals surface area contributed by atoms with Crippen molar-refractivity contribution in [3.63, 3.8) is 0 Å². The first kappa shape index (κ1) is 20.3. The summed E-state index contributed by atoms with van der Waals surface area (Å²) in [5, 5.41) is 2.93. The Bertz CT molecular complexity index is 1110. The second-order valence-corrected chi connectivity index (χ2v) is 9.37. The lowest BCUT2D eigenvalue weighted by molar-refractivity contribution is -0.0888. The van der Waals surface area contributed by atoms with Crippen molar-refractivity contribution >= 4 is 22.5 Å². The number of imidazole rings is 1. The fourth-order valence-corrected chi connectivity index (χ4v) is 5.25. The Morgan fingerprint density at radius 1 is 1.19 bits per heavy atom. The van der Waals surface area contributed by atoms with Crippen LogP contribution < -0.4 is 5.32 Å². The van der Waals surface area contributed by atoms with Crippen LogP contribution in [0.4, 0.5) is 0 Å². The first-order chi connectivity index (χ1) is 15.1. The largest absolute Gasteiger partial charge is 0.378 e. The number of amides is 1. The molecule has 2 aliphatic heterocycles. The van der Waals surface area contributed by atoms with Gasteiger partial charge in [-0.2, -0.15) is 0 Å². The van der Waals surface area contributed by atoms with Gasteiger partial charge >= 0.3 is 0 Å². The van der Waals surface area contributed by atoms with Crippen LogP contribution in [0.1, 0.15) is 22.3 Å². The van der Waals surface area contributed by atoms with Crippen molar-refractivity contribution in [1.82, 2.24) is 19.0 Å². The number of ether oxygens (including phenoxy) is 2. The van der Waals surface area contributed by atoms with E-state index in [1.807, 2.05) is 39.0 Å². The molecule has 162 valence electrons. The highest BCUT2D eigenvalue weighted by molar-refractivity contribution is 7.82. The second-order valence-electron chi connectivity index (χ2n) is 7.88. The molecule has 0 saturated carbocycles. The molecule has 4 heterocycles. The van der Waals surface area contributed by atoms with Crippen LogP contribution in [-0.4, -0.2) is 62.3 Å². The molecule has 2 atom stereocenters. The first-order valence-corrected chi connectivity index (χ1v) is 11.4. The van der Waals surface area contributed by atoms with Crippen molar-refractivity contribution in [1.29, 1.82) is 0 Å². The molecule has 31 heavy (non-hydrogen) atoms. The number of carbonyl (C=O) groups excluding carboxylic acids is 1. The van der Waals surface area contributed by atoms with Crippen LogP contribution in [0.15, 0.2) is 59.9 Å². The topological polar surface area (TPSA) is 85.2 Å². The second kappa shape index (κ2) is 8.51. The minimum atomic E-state index is -1.25. The van der Waals surface area contributed by atoms with E-state index in [-0.39, 0.29) is 11.5 Å². The lowest BCUT2D eigenvalue weighted by Crippen LogP contribution is -2.52. The van der Waals surface area contributed by atoms with Crippen LogP contribution >= 0.6 is 0 Å². The molecule has 5 rings (SSSR count). The first-order valence-electron chi connectivity index (χ1n) is 10.3. The number of rotatable bonds is 5. The van der Waals surface area contributed by atoms with Gasteiger partial charge in [-0.05, 0) is 29.8 Å². The van der Waals surface area contributed by atoms with E-state index in [1.165, 1.54) is 0 Å². The van der Waals surface area contributed by atoms with Gasteiger partial charge in [-0.1, -0.05) is 12.1 Å². The highest BCUT2D eigenvalue weighted by Crippen LogP contribution is 2.29. The molecule has 2 aliphatic rings. The van der Waals surface area contributed by atoms with Crippen LogP contribution in [0.2, 0.25) is 0 Å². The molecular weight excluding hydrogens is 416 g/mol. The minimum absolute atomic E-state index is 0.152. The highest BCUT2D eigenvalue weighted by atomic mass is 32.2. The number of morpholine rings is 1. The lowest BCUT2D eigenvalue weighted by atomic mass is 10.0. The van der Waals surface area contributed by atoms with Gasteiger partial charge in [0, 0.05) is 51.3 Å². The van der Waals surface area contributed by atoms with Crippen molar-refractivity contribution in [3.05, 3.63) is 66.1 Å². The summed E-state index contributed by atoms with van der Waals surface area (Å²) in [7, 11) is -1.25. The van der Waals surface area contributed by atoms with Gasteiger partial charge in [0.1, 0.15) is 22.2 Å². The van der Waals surface area contributed by atoms with E-state index in [0.29, 0.717) is 45.0 Å². The van der Waals surface area contributed by atoms with Gasteiger partial charge < -0.3 is 19.2 Å². The van der Waals surface area contributed by atoms with Crippen LogP contribution in [-0.2, 0) is 27.0 Å². The Kier molecular flexibility index (Phi) is 5.58. The maximum absolute atomic E-state index is 13.1. The molecule has 2 unspecified atom stereocenters. The summed E-state index contributed by atoms with van der Waals surface area (Å²) >= 11 is 0. The molecular formula is C22H24N4O4S.